The number of carbonyl (C=O) groups is 2. The summed E-state index contributed by atoms with van der Waals surface area (Å²) in [5.74, 6) is -0.515. The quantitative estimate of drug-likeness (QED) is 0.844. The van der Waals surface area contributed by atoms with Crippen LogP contribution in [0.4, 0.5) is 8.78 Å². The Kier molecular flexibility index (Phi) is 6.48. The monoisotopic (exact) mass is 341 g/mol. The Labute approximate surface area is 139 Å². The third-order valence-electron chi connectivity index (χ3n) is 3.73. The van der Waals surface area contributed by atoms with Gasteiger partial charge in [0.1, 0.15) is 5.75 Å². The predicted molar refractivity (Wildman–Crippen MR) is 84.1 cm³/mol. The molecule has 1 saturated heterocycles. The van der Waals surface area contributed by atoms with Gasteiger partial charge in [0.05, 0.1) is 12.1 Å². The maximum absolute atomic E-state index is 12.5. The van der Waals surface area contributed by atoms with Crippen molar-refractivity contribution in [3.8, 4) is 5.75 Å². The summed E-state index contributed by atoms with van der Waals surface area (Å²) in [6.45, 7) is 1.73. The first-order valence-electron chi connectivity index (χ1n) is 7.83. The molecule has 0 saturated carbocycles. The van der Waals surface area contributed by atoms with Crippen LogP contribution >= 0.6 is 0 Å². The highest BCUT2D eigenvalue weighted by atomic mass is 19.3. The number of nitrogens with zero attached hydrogens (tertiary/aromatic N) is 2. The molecule has 0 bridgehead atoms. The average molecular weight is 341 g/mol. The van der Waals surface area contributed by atoms with Crippen molar-refractivity contribution >= 4 is 11.8 Å². The number of hydrogen-bond acceptors (Lipinski definition) is 4. The highest BCUT2D eigenvalue weighted by molar-refractivity contribution is 5.97. The van der Waals surface area contributed by atoms with Crippen LogP contribution in [0.5, 0.6) is 5.75 Å². The minimum absolute atomic E-state index is 0.0482. The molecule has 6 nitrogen and oxygen atoms in total. The fraction of sp³-hybridized carbons (Fsp3) is 0.500. The van der Waals surface area contributed by atoms with E-state index in [2.05, 4.69) is 10.1 Å². The van der Waals surface area contributed by atoms with E-state index in [4.69, 9.17) is 0 Å². The Morgan fingerprint density at radius 3 is 2.50 bits per heavy atom. The molecular weight excluding hydrogens is 320 g/mol. The number of rotatable bonds is 6. The maximum Gasteiger partial charge on any atom is 0.387 e. The van der Waals surface area contributed by atoms with Crippen molar-refractivity contribution in [1.82, 2.24) is 15.1 Å². The fourth-order valence-electron chi connectivity index (χ4n) is 2.58. The number of amides is 2. The van der Waals surface area contributed by atoms with Gasteiger partial charge in [-0.3, -0.25) is 14.5 Å². The van der Waals surface area contributed by atoms with Crippen LogP contribution in [0, 0.1) is 0 Å². The normalized spacial score (nSPS) is 15.4. The van der Waals surface area contributed by atoms with Crippen LogP contribution in [0.25, 0.3) is 0 Å². The van der Waals surface area contributed by atoms with Gasteiger partial charge >= 0.3 is 6.61 Å². The largest absolute Gasteiger partial charge is 0.434 e. The second kappa shape index (κ2) is 8.58. The summed E-state index contributed by atoms with van der Waals surface area (Å²) < 4.78 is 29.3. The molecule has 0 aliphatic carbocycles. The number of alkyl halides is 2. The topological polar surface area (TPSA) is 61.9 Å². The number of ether oxygens (including phenoxy) is 1. The molecule has 8 heteroatoms. The smallest absolute Gasteiger partial charge is 0.387 e. The molecule has 0 radical (unpaired) electrons. The molecule has 1 aliphatic heterocycles. The van der Waals surface area contributed by atoms with E-state index in [0.29, 0.717) is 39.3 Å². The molecule has 1 heterocycles. The zero-order chi connectivity index (χ0) is 17.5. The number of carbonyl (C=O) groups excluding carboxylic acids is 2. The highest BCUT2D eigenvalue weighted by Crippen LogP contribution is 2.22. The number of piperazine rings is 1. The van der Waals surface area contributed by atoms with E-state index in [1.807, 2.05) is 11.8 Å². The molecule has 132 valence electrons. The summed E-state index contributed by atoms with van der Waals surface area (Å²) in [5, 5.41) is 2.73. The zero-order valence-corrected chi connectivity index (χ0v) is 13.5. The fourth-order valence-corrected chi connectivity index (χ4v) is 2.58. The van der Waals surface area contributed by atoms with E-state index in [1.165, 1.54) is 12.1 Å². The van der Waals surface area contributed by atoms with Gasteiger partial charge in [-0.2, -0.15) is 8.78 Å². The van der Waals surface area contributed by atoms with Crippen LogP contribution in [-0.2, 0) is 4.79 Å². The number of benzene rings is 1. The summed E-state index contributed by atoms with van der Waals surface area (Å²) in [4.78, 5) is 27.7. The molecular formula is C16H21F2N3O3. The van der Waals surface area contributed by atoms with Gasteiger partial charge in [0.15, 0.2) is 0 Å². The molecule has 1 aromatic carbocycles. The van der Waals surface area contributed by atoms with Crippen LogP contribution in [0.1, 0.15) is 17.3 Å². The van der Waals surface area contributed by atoms with Crippen molar-refractivity contribution < 1.29 is 23.1 Å². The number of para-hydroxylation sites is 1. The van der Waals surface area contributed by atoms with Crippen LogP contribution in [0.3, 0.4) is 0 Å². The number of likely N-dealkylation sites (N-methyl/N-ethyl adjacent to an activating group) is 1. The molecule has 1 N–H and O–H groups in total. The van der Waals surface area contributed by atoms with E-state index in [1.54, 1.807) is 17.0 Å². The highest BCUT2D eigenvalue weighted by Gasteiger charge is 2.25. The number of hydrogen-bond donors (Lipinski definition) is 1. The molecule has 0 atom stereocenters. The van der Waals surface area contributed by atoms with Crippen LogP contribution in [-0.4, -0.2) is 67.5 Å². The second-order valence-corrected chi connectivity index (χ2v) is 5.40. The first kappa shape index (κ1) is 18.1. The Balaban J connectivity index is 1.95. The second-order valence-electron chi connectivity index (χ2n) is 5.40. The van der Waals surface area contributed by atoms with Gasteiger partial charge in [0.25, 0.3) is 5.91 Å². The Hall–Kier alpha value is -2.22. The van der Waals surface area contributed by atoms with Crippen molar-refractivity contribution in [3.63, 3.8) is 0 Å². The predicted octanol–water partition coefficient (Wildman–Crippen LogP) is 1.18. The molecule has 0 spiro atoms. The van der Waals surface area contributed by atoms with E-state index < -0.39 is 6.61 Å². The minimum Gasteiger partial charge on any atom is -0.434 e. The van der Waals surface area contributed by atoms with Crippen molar-refractivity contribution in [1.29, 1.82) is 0 Å². The molecule has 2 amide bonds. The summed E-state index contributed by atoms with van der Waals surface area (Å²) in [7, 11) is 0. The Morgan fingerprint density at radius 1 is 1.21 bits per heavy atom. The van der Waals surface area contributed by atoms with Crippen molar-refractivity contribution in [3.05, 3.63) is 29.8 Å². The first-order chi connectivity index (χ1) is 11.5. The van der Waals surface area contributed by atoms with Crippen LogP contribution in [0.15, 0.2) is 24.3 Å². The van der Waals surface area contributed by atoms with Gasteiger partial charge in [-0.1, -0.05) is 12.1 Å². The van der Waals surface area contributed by atoms with Gasteiger partial charge < -0.3 is 15.0 Å². The number of nitrogens with one attached hydrogen (secondary N) is 1. The van der Waals surface area contributed by atoms with E-state index in [9.17, 15) is 18.4 Å². The molecule has 2 rings (SSSR count). The van der Waals surface area contributed by atoms with Crippen LogP contribution in [0.2, 0.25) is 0 Å². The average Bonchev–Trinajstić information content (AvgIpc) is 2.55. The first-order valence-corrected chi connectivity index (χ1v) is 7.83. The van der Waals surface area contributed by atoms with Crippen molar-refractivity contribution in [2.75, 3.05) is 39.3 Å². The number of halogens is 2. The van der Waals surface area contributed by atoms with Crippen molar-refractivity contribution in [2.24, 2.45) is 0 Å². The van der Waals surface area contributed by atoms with Gasteiger partial charge in [-0.15, -0.1) is 0 Å². The molecule has 1 aliphatic rings. The summed E-state index contributed by atoms with van der Waals surface area (Å²) in [6.07, 6.45) is 0. The zero-order valence-electron chi connectivity index (χ0n) is 13.5. The van der Waals surface area contributed by atoms with Gasteiger partial charge in [-0.25, -0.2) is 0 Å². The lowest BCUT2D eigenvalue weighted by molar-refractivity contribution is -0.122. The Bertz CT molecular complexity index is 575. The Morgan fingerprint density at radius 2 is 1.88 bits per heavy atom. The lowest BCUT2D eigenvalue weighted by Gasteiger charge is -2.34. The van der Waals surface area contributed by atoms with Crippen LogP contribution < -0.4 is 10.1 Å². The van der Waals surface area contributed by atoms with Gasteiger partial charge in [0, 0.05) is 32.7 Å². The summed E-state index contributed by atoms with van der Waals surface area (Å²) >= 11 is 0. The van der Waals surface area contributed by atoms with E-state index >= 15 is 0 Å². The maximum atomic E-state index is 12.5. The molecule has 1 fully saturated rings. The summed E-state index contributed by atoms with van der Waals surface area (Å²) in [5.41, 5.74) is 0.120. The molecule has 0 unspecified atom stereocenters. The van der Waals surface area contributed by atoms with E-state index in [-0.39, 0.29) is 23.1 Å². The third kappa shape index (κ3) is 4.89. The SMILES string of the molecule is CCNC(=O)CN1CCN(C(=O)c2ccccc2OC(F)F)CC1. The molecule has 0 aromatic heterocycles. The molecule has 24 heavy (non-hydrogen) atoms. The van der Waals surface area contributed by atoms with Crippen molar-refractivity contribution in [2.45, 2.75) is 13.5 Å². The van der Waals surface area contributed by atoms with Gasteiger partial charge in [0.2, 0.25) is 5.91 Å². The minimum atomic E-state index is -2.98. The van der Waals surface area contributed by atoms with E-state index in [0.717, 1.165) is 0 Å². The molecule has 1 aromatic rings. The third-order valence-corrected chi connectivity index (χ3v) is 3.73. The van der Waals surface area contributed by atoms with Gasteiger partial charge in [-0.05, 0) is 19.1 Å². The lowest BCUT2D eigenvalue weighted by Crippen LogP contribution is -2.51. The standard InChI is InChI=1S/C16H21F2N3O3/c1-2-19-14(22)11-20-7-9-21(10-8-20)15(23)12-5-3-4-6-13(12)24-16(17)18/h3-6,16H,2,7-11H2,1H3,(H,19,22). The lowest BCUT2D eigenvalue weighted by atomic mass is 10.1. The summed E-state index contributed by atoms with van der Waals surface area (Å²) in [6, 6.07) is 5.97.